The van der Waals surface area contributed by atoms with Gasteiger partial charge in [0.15, 0.2) is 0 Å². The van der Waals surface area contributed by atoms with Crippen LogP contribution in [0.5, 0.6) is 0 Å². The van der Waals surface area contributed by atoms with Gasteiger partial charge in [-0.05, 0) is 48.9 Å². The molecule has 1 atom stereocenters. The highest BCUT2D eigenvalue weighted by Crippen LogP contribution is 2.37. The van der Waals surface area contributed by atoms with Crippen molar-refractivity contribution in [3.05, 3.63) is 33.8 Å². The van der Waals surface area contributed by atoms with E-state index in [4.69, 9.17) is 0 Å². The van der Waals surface area contributed by atoms with Crippen molar-refractivity contribution in [3.8, 4) is 0 Å². The molecule has 0 amide bonds. The molecule has 0 bridgehead atoms. The Labute approximate surface area is 99.6 Å². The summed E-state index contributed by atoms with van der Waals surface area (Å²) in [6, 6.07) is 6.14. The van der Waals surface area contributed by atoms with E-state index in [1.165, 1.54) is 31.2 Å². The number of aryl methyl sites for hydroxylation is 1. The second kappa shape index (κ2) is 4.67. The van der Waals surface area contributed by atoms with Crippen LogP contribution in [-0.2, 0) is 0 Å². The zero-order valence-corrected chi connectivity index (χ0v) is 10.6. The van der Waals surface area contributed by atoms with E-state index in [1.54, 1.807) is 0 Å². The third kappa shape index (κ3) is 2.43. The normalized spacial score (nSPS) is 19.4. The molecule has 0 aromatic heterocycles. The quantitative estimate of drug-likeness (QED) is 0.861. The summed E-state index contributed by atoms with van der Waals surface area (Å²) in [7, 11) is 0. The lowest BCUT2D eigenvalue weighted by atomic mass is 9.92. The molecule has 1 fully saturated rings. The maximum atomic E-state index is 10.3. The van der Waals surface area contributed by atoms with Crippen LogP contribution in [0.4, 0.5) is 0 Å². The van der Waals surface area contributed by atoms with Crippen LogP contribution in [0.25, 0.3) is 0 Å². The first-order valence-electron chi connectivity index (χ1n) is 5.62. The lowest BCUT2D eigenvalue weighted by Crippen LogP contribution is -2.10. The average Bonchev–Trinajstić information content (AvgIpc) is 2.69. The average molecular weight is 269 g/mol. The van der Waals surface area contributed by atoms with Crippen molar-refractivity contribution in [2.45, 2.75) is 38.7 Å². The Morgan fingerprint density at radius 2 is 2.00 bits per heavy atom. The van der Waals surface area contributed by atoms with Crippen LogP contribution >= 0.6 is 15.9 Å². The molecule has 0 heterocycles. The van der Waals surface area contributed by atoms with Crippen LogP contribution < -0.4 is 0 Å². The van der Waals surface area contributed by atoms with Gasteiger partial charge in [0, 0.05) is 4.47 Å². The van der Waals surface area contributed by atoms with Crippen LogP contribution in [0.15, 0.2) is 22.7 Å². The van der Waals surface area contributed by atoms with Crippen molar-refractivity contribution in [1.82, 2.24) is 0 Å². The maximum absolute atomic E-state index is 10.3. The van der Waals surface area contributed by atoms with Crippen LogP contribution in [0.1, 0.15) is 42.9 Å². The molecule has 2 heteroatoms. The number of aliphatic hydroxyl groups excluding tert-OH is 1. The number of hydrogen-bond donors (Lipinski definition) is 1. The van der Waals surface area contributed by atoms with Crippen LogP contribution in [-0.4, -0.2) is 5.11 Å². The number of halogens is 1. The number of benzene rings is 1. The second-order valence-corrected chi connectivity index (χ2v) is 5.41. The summed E-state index contributed by atoms with van der Waals surface area (Å²) in [6.07, 6.45) is 4.64. The van der Waals surface area contributed by atoms with Gasteiger partial charge in [-0.25, -0.2) is 0 Å². The molecule has 1 aromatic carbocycles. The minimum absolute atomic E-state index is 0.263. The van der Waals surface area contributed by atoms with E-state index in [1.807, 2.05) is 12.1 Å². The monoisotopic (exact) mass is 268 g/mol. The Balaban J connectivity index is 2.20. The molecular formula is C13H17BrO. The van der Waals surface area contributed by atoms with Gasteiger partial charge in [-0.15, -0.1) is 0 Å². The zero-order chi connectivity index (χ0) is 10.8. The molecule has 1 aliphatic rings. The smallest absolute Gasteiger partial charge is 0.0820 e. The van der Waals surface area contributed by atoms with Gasteiger partial charge in [0.25, 0.3) is 0 Å². The molecule has 15 heavy (non-hydrogen) atoms. The Morgan fingerprint density at radius 3 is 2.60 bits per heavy atom. The molecule has 1 N–H and O–H groups in total. The minimum Gasteiger partial charge on any atom is -0.388 e. The van der Waals surface area contributed by atoms with E-state index >= 15 is 0 Å². The van der Waals surface area contributed by atoms with E-state index < -0.39 is 0 Å². The molecule has 0 spiro atoms. The molecular weight excluding hydrogens is 252 g/mol. The first-order chi connectivity index (χ1) is 7.18. The number of rotatable bonds is 2. The summed E-state index contributed by atoms with van der Waals surface area (Å²) in [5.41, 5.74) is 2.29. The first kappa shape index (κ1) is 11.2. The van der Waals surface area contributed by atoms with Crippen LogP contribution in [0.3, 0.4) is 0 Å². The van der Waals surface area contributed by atoms with Crippen LogP contribution in [0.2, 0.25) is 0 Å². The standard InChI is InChI=1S/C13H17BrO/c1-9-8-11(14)6-7-12(9)13(15)10-4-2-3-5-10/h6-8,10,13,15H,2-5H2,1H3. The van der Waals surface area contributed by atoms with E-state index in [0.717, 1.165) is 10.0 Å². The van der Waals surface area contributed by atoms with Crippen molar-refractivity contribution in [2.75, 3.05) is 0 Å². The van der Waals surface area contributed by atoms with Gasteiger partial charge in [0.2, 0.25) is 0 Å². The fourth-order valence-electron chi connectivity index (χ4n) is 2.50. The van der Waals surface area contributed by atoms with Crippen LogP contribution in [0, 0.1) is 12.8 Å². The van der Waals surface area contributed by atoms with E-state index in [9.17, 15) is 5.11 Å². The molecule has 1 aromatic rings. The van der Waals surface area contributed by atoms with Gasteiger partial charge in [-0.3, -0.25) is 0 Å². The highest BCUT2D eigenvalue weighted by atomic mass is 79.9. The van der Waals surface area contributed by atoms with Gasteiger partial charge in [-0.2, -0.15) is 0 Å². The first-order valence-corrected chi connectivity index (χ1v) is 6.42. The molecule has 82 valence electrons. The Hall–Kier alpha value is -0.340. The summed E-state index contributed by atoms with van der Waals surface area (Å²) in [5.74, 6) is 0.477. The van der Waals surface area contributed by atoms with Gasteiger partial charge < -0.3 is 5.11 Å². The number of hydrogen-bond acceptors (Lipinski definition) is 1. The molecule has 2 rings (SSSR count). The molecule has 0 saturated heterocycles. The Morgan fingerprint density at radius 1 is 1.33 bits per heavy atom. The minimum atomic E-state index is -0.263. The lowest BCUT2D eigenvalue weighted by molar-refractivity contribution is 0.111. The summed E-state index contributed by atoms with van der Waals surface area (Å²) in [6.45, 7) is 2.07. The molecule has 1 saturated carbocycles. The van der Waals surface area contributed by atoms with E-state index in [0.29, 0.717) is 5.92 Å². The second-order valence-electron chi connectivity index (χ2n) is 4.49. The van der Waals surface area contributed by atoms with Gasteiger partial charge in [0.1, 0.15) is 0 Å². The van der Waals surface area contributed by atoms with Crippen molar-refractivity contribution in [2.24, 2.45) is 5.92 Å². The lowest BCUT2D eigenvalue weighted by Gasteiger charge is -2.20. The fraction of sp³-hybridized carbons (Fsp3) is 0.538. The van der Waals surface area contributed by atoms with Gasteiger partial charge in [-0.1, -0.05) is 34.8 Å². The summed E-state index contributed by atoms with van der Waals surface area (Å²) >= 11 is 3.45. The summed E-state index contributed by atoms with van der Waals surface area (Å²) in [5, 5.41) is 10.3. The molecule has 0 aliphatic heterocycles. The summed E-state index contributed by atoms with van der Waals surface area (Å²) < 4.78 is 1.09. The Kier molecular flexibility index (Phi) is 3.47. The Bertz CT molecular complexity index is 342. The maximum Gasteiger partial charge on any atom is 0.0820 e. The topological polar surface area (TPSA) is 20.2 Å². The predicted octanol–water partition coefficient (Wildman–Crippen LogP) is 3.98. The van der Waals surface area contributed by atoms with E-state index in [2.05, 4.69) is 28.9 Å². The molecule has 1 nitrogen and oxygen atoms in total. The van der Waals surface area contributed by atoms with E-state index in [-0.39, 0.29) is 6.10 Å². The highest BCUT2D eigenvalue weighted by molar-refractivity contribution is 9.10. The fourth-order valence-corrected chi connectivity index (χ4v) is 2.97. The SMILES string of the molecule is Cc1cc(Br)ccc1C(O)C1CCCC1. The van der Waals surface area contributed by atoms with Crippen molar-refractivity contribution < 1.29 is 5.11 Å². The van der Waals surface area contributed by atoms with Gasteiger partial charge >= 0.3 is 0 Å². The zero-order valence-electron chi connectivity index (χ0n) is 9.04. The van der Waals surface area contributed by atoms with Gasteiger partial charge in [0.05, 0.1) is 6.10 Å². The third-order valence-electron chi connectivity index (χ3n) is 3.40. The summed E-state index contributed by atoms with van der Waals surface area (Å²) in [4.78, 5) is 0. The third-order valence-corrected chi connectivity index (χ3v) is 3.89. The van der Waals surface area contributed by atoms with Crippen molar-refractivity contribution >= 4 is 15.9 Å². The van der Waals surface area contributed by atoms with Crippen molar-refractivity contribution in [3.63, 3.8) is 0 Å². The number of aliphatic hydroxyl groups is 1. The highest BCUT2D eigenvalue weighted by Gasteiger charge is 2.25. The largest absolute Gasteiger partial charge is 0.388 e. The molecule has 1 unspecified atom stereocenters. The van der Waals surface area contributed by atoms with Crippen molar-refractivity contribution in [1.29, 1.82) is 0 Å². The molecule has 1 aliphatic carbocycles. The predicted molar refractivity (Wildman–Crippen MR) is 65.8 cm³/mol. The molecule has 0 radical (unpaired) electrons.